The standard InChI is InChI=1S/C13H27OP/c1-4-7-10-15(13-14,11-8-5-2)12-9-6-3/h4-12H2,1-3H3. The molecular formula is C13H27OP. The Labute approximate surface area is 95.6 Å². The molecule has 0 N–H and O–H groups in total. The number of hydrogen-bond donors (Lipinski definition) is 0. The summed E-state index contributed by atoms with van der Waals surface area (Å²) < 4.78 is 0. The van der Waals surface area contributed by atoms with E-state index < -0.39 is 6.89 Å². The summed E-state index contributed by atoms with van der Waals surface area (Å²) in [6, 6.07) is 0. The molecule has 0 atom stereocenters. The maximum absolute atomic E-state index is 11.3. The molecule has 0 aliphatic carbocycles. The Bertz CT molecular complexity index is 188. The van der Waals surface area contributed by atoms with Gasteiger partial charge in [-0.25, -0.2) is 4.79 Å². The molecule has 2 heteroatoms. The van der Waals surface area contributed by atoms with Gasteiger partial charge in [-0.1, -0.05) is 40.0 Å². The lowest BCUT2D eigenvalue weighted by Crippen LogP contribution is -2.02. The summed E-state index contributed by atoms with van der Waals surface area (Å²) in [6.45, 7) is 5.29. The fourth-order valence-electron chi connectivity index (χ4n) is 1.85. The Morgan fingerprint density at radius 3 is 1.33 bits per heavy atom. The summed E-state index contributed by atoms with van der Waals surface area (Å²) in [5.41, 5.74) is 2.48. The smallest absolute Gasteiger partial charge is 0.114 e. The van der Waals surface area contributed by atoms with Crippen molar-refractivity contribution in [1.29, 1.82) is 0 Å². The molecule has 0 bridgehead atoms. The highest BCUT2D eigenvalue weighted by Crippen LogP contribution is 2.48. The van der Waals surface area contributed by atoms with Crippen LogP contribution in [0.3, 0.4) is 0 Å². The zero-order valence-corrected chi connectivity index (χ0v) is 11.6. The Morgan fingerprint density at radius 1 is 0.800 bits per heavy atom. The zero-order valence-electron chi connectivity index (χ0n) is 10.7. The van der Waals surface area contributed by atoms with Gasteiger partial charge in [0.25, 0.3) is 0 Å². The number of carbonyl (C=O) groups excluding carboxylic acids is 1. The molecule has 0 amide bonds. The van der Waals surface area contributed by atoms with Gasteiger partial charge in [0.05, 0.1) is 0 Å². The SMILES string of the molecule is CCCCP(=C=O)(CCCC)CCCC. The predicted molar refractivity (Wildman–Crippen MR) is 71.9 cm³/mol. The molecule has 0 fully saturated rings. The van der Waals surface area contributed by atoms with Crippen LogP contribution in [0.5, 0.6) is 0 Å². The van der Waals surface area contributed by atoms with Crippen LogP contribution in [0, 0.1) is 0 Å². The summed E-state index contributed by atoms with van der Waals surface area (Å²) in [7, 11) is 0. The van der Waals surface area contributed by atoms with Crippen LogP contribution < -0.4 is 0 Å². The molecule has 15 heavy (non-hydrogen) atoms. The largest absolute Gasteiger partial charge is 0.234 e. The molecule has 0 heterocycles. The van der Waals surface area contributed by atoms with Crippen molar-refractivity contribution >= 4 is 12.5 Å². The molecule has 0 aliphatic heterocycles. The van der Waals surface area contributed by atoms with Crippen LogP contribution in [0.2, 0.25) is 0 Å². The second-order valence-electron chi connectivity index (χ2n) is 4.47. The molecule has 0 saturated heterocycles. The molecule has 0 aromatic rings. The Hall–Kier alpha value is 0.01000. The lowest BCUT2D eigenvalue weighted by atomic mass is 10.4. The van der Waals surface area contributed by atoms with Crippen LogP contribution in [0.4, 0.5) is 0 Å². The first-order valence-electron chi connectivity index (χ1n) is 6.50. The maximum Gasteiger partial charge on any atom is 0.114 e. The second-order valence-corrected chi connectivity index (χ2v) is 8.28. The first-order valence-corrected chi connectivity index (χ1v) is 8.84. The average molecular weight is 230 g/mol. The van der Waals surface area contributed by atoms with E-state index in [1.165, 1.54) is 38.5 Å². The third-order valence-corrected chi connectivity index (χ3v) is 6.92. The van der Waals surface area contributed by atoms with E-state index in [4.69, 9.17) is 0 Å². The highest BCUT2D eigenvalue weighted by atomic mass is 31.2. The molecule has 1 nitrogen and oxygen atoms in total. The van der Waals surface area contributed by atoms with E-state index in [-0.39, 0.29) is 0 Å². The van der Waals surface area contributed by atoms with Crippen LogP contribution in [-0.4, -0.2) is 24.1 Å². The monoisotopic (exact) mass is 230 g/mol. The predicted octanol–water partition coefficient (Wildman–Crippen LogP) is 4.47. The van der Waals surface area contributed by atoms with Crippen LogP contribution in [0.25, 0.3) is 0 Å². The Kier molecular flexibility index (Phi) is 9.26. The molecule has 0 aliphatic rings. The first kappa shape index (κ1) is 15.0. The number of hydrogen-bond acceptors (Lipinski definition) is 1. The molecule has 0 rings (SSSR count). The maximum atomic E-state index is 11.3. The average Bonchev–Trinajstić information content (AvgIpc) is 2.29. The molecule has 0 aromatic carbocycles. The van der Waals surface area contributed by atoms with Gasteiger partial charge >= 0.3 is 0 Å². The molecular weight excluding hydrogens is 203 g/mol. The summed E-state index contributed by atoms with van der Waals surface area (Å²) >= 11 is 0. The van der Waals surface area contributed by atoms with Gasteiger partial charge in [0, 0.05) is 0 Å². The molecule has 0 aromatic heterocycles. The minimum absolute atomic E-state index is 1.16. The van der Waals surface area contributed by atoms with Gasteiger partial charge in [0.2, 0.25) is 0 Å². The fourth-order valence-corrected chi connectivity index (χ4v) is 5.56. The molecule has 0 spiro atoms. The third-order valence-electron chi connectivity index (χ3n) is 3.01. The molecule has 0 unspecified atom stereocenters. The van der Waals surface area contributed by atoms with E-state index in [0.29, 0.717) is 0 Å². The van der Waals surface area contributed by atoms with Crippen molar-refractivity contribution in [3.8, 4) is 0 Å². The summed E-state index contributed by atoms with van der Waals surface area (Å²) in [4.78, 5) is 11.3. The van der Waals surface area contributed by atoms with Crippen LogP contribution >= 0.6 is 6.89 Å². The van der Waals surface area contributed by atoms with Gasteiger partial charge < -0.3 is 0 Å². The molecule has 0 saturated carbocycles. The van der Waals surface area contributed by atoms with Crippen molar-refractivity contribution in [1.82, 2.24) is 0 Å². The second kappa shape index (κ2) is 9.25. The fraction of sp³-hybridized carbons (Fsp3) is 0.923. The van der Waals surface area contributed by atoms with Gasteiger partial charge in [0.1, 0.15) is 5.66 Å². The Morgan fingerprint density at radius 2 is 1.13 bits per heavy atom. The van der Waals surface area contributed by atoms with Crippen molar-refractivity contribution < 1.29 is 4.79 Å². The van der Waals surface area contributed by atoms with E-state index in [0.717, 1.165) is 18.5 Å². The summed E-state index contributed by atoms with van der Waals surface area (Å²) in [6.07, 6.45) is 10.8. The van der Waals surface area contributed by atoms with Gasteiger partial charge in [0.15, 0.2) is 0 Å². The van der Waals surface area contributed by atoms with Crippen LogP contribution in [-0.2, 0) is 4.79 Å². The van der Waals surface area contributed by atoms with Crippen LogP contribution in [0.15, 0.2) is 0 Å². The van der Waals surface area contributed by atoms with E-state index >= 15 is 0 Å². The lowest BCUT2D eigenvalue weighted by molar-refractivity contribution is 0.571. The van der Waals surface area contributed by atoms with E-state index in [1.54, 1.807) is 0 Å². The van der Waals surface area contributed by atoms with Crippen molar-refractivity contribution in [3.05, 3.63) is 0 Å². The first-order chi connectivity index (χ1) is 7.24. The van der Waals surface area contributed by atoms with Crippen molar-refractivity contribution in [3.63, 3.8) is 0 Å². The Balaban J connectivity index is 4.39. The summed E-state index contributed by atoms with van der Waals surface area (Å²) in [5, 5.41) is 0. The lowest BCUT2D eigenvalue weighted by Gasteiger charge is -2.21. The van der Waals surface area contributed by atoms with Crippen molar-refractivity contribution in [2.24, 2.45) is 0 Å². The third kappa shape index (κ3) is 6.23. The quantitative estimate of drug-likeness (QED) is 0.534. The van der Waals surface area contributed by atoms with Crippen molar-refractivity contribution in [2.45, 2.75) is 59.3 Å². The topological polar surface area (TPSA) is 17.1 Å². The normalized spacial score (nSPS) is 11.4. The minimum Gasteiger partial charge on any atom is -0.234 e. The summed E-state index contributed by atoms with van der Waals surface area (Å²) in [5.74, 6) is 0. The molecule has 90 valence electrons. The van der Waals surface area contributed by atoms with Crippen molar-refractivity contribution in [2.75, 3.05) is 18.5 Å². The molecule has 0 radical (unpaired) electrons. The van der Waals surface area contributed by atoms with Gasteiger partial charge in [-0.05, 0) is 44.6 Å². The number of rotatable bonds is 9. The highest BCUT2D eigenvalue weighted by Gasteiger charge is 2.17. The van der Waals surface area contributed by atoms with E-state index in [9.17, 15) is 4.79 Å². The van der Waals surface area contributed by atoms with E-state index in [1.807, 2.05) is 0 Å². The van der Waals surface area contributed by atoms with Gasteiger partial charge in [-0.3, -0.25) is 0 Å². The number of unbranched alkanes of at least 4 members (excludes halogenated alkanes) is 3. The highest BCUT2D eigenvalue weighted by molar-refractivity contribution is 7.74. The zero-order chi connectivity index (χ0) is 11.6. The van der Waals surface area contributed by atoms with Crippen LogP contribution in [0.1, 0.15) is 59.3 Å². The van der Waals surface area contributed by atoms with Gasteiger partial charge in [-0.2, -0.15) is 0 Å². The minimum atomic E-state index is -1.33. The van der Waals surface area contributed by atoms with E-state index in [2.05, 4.69) is 26.4 Å². The van der Waals surface area contributed by atoms with Gasteiger partial charge in [-0.15, -0.1) is 0 Å².